The molecule has 3 aliphatic rings. The Balaban J connectivity index is 1.49. The fourth-order valence-corrected chi connectivity index (χ4v) is 8.39. The second kappa shape index (κ2) is 11.4. The minimum absolute atomic E-state index is 0.0110. The number of aliphatic hydroxyl groups is 2. The van der Waals surface area contributed by atoms with Crippen LogP contribution < -0.4 is 4.74 Å². The van der Waals surface area contributed by atoms with Gasteiger partial charge in [0.15, 0.2) is 17.2 Å². The number of hydrogen-bond donors (Lipinski definition) is 2. The lowest BCUT2D eigenvalue weighted by Gasteiger charge is -2.60. The van der Waals surface area contributed by atoms with Gasteiger partial charge in [0.2, 0.25) is 5.78 Å². The number of aliphatic hydroxyl groups excluding tert-OH is 1. The Hall–Kier alpha value is -4.49. The number of carbonyl (C=O) groups excluding carboxylic acids is 3. The van der Waals surface area contributed by atoms with Gasteiger partial charge in [-0.3, -0.25) is 14.4 Å². The zero-order valence-corrected chi connectivity index (χ0v) is 26.9. The molecule has 0 spiro atoms. The lowest BCUT2D eigenvalue weighted by molar-refractivity contribution is -0.173. The minimum atomic E-state index is -2.52. The van der Waals surface area contributed by atoms with Gasteiger partial charge in [0.25, 0.3) is 0 Å². The third-order valence-corrected chi connectivity index (χ3v) is 10.2. The zero-order valence-electron chi connectivity index (χ0n) is 26.9. The van der Waals surface area contributed by atoms with Crippen molar-refractivity contribution in [3.05, 3.63) is 124 Å². The van der Waals surface area contributed by atoms with Crippen molar-refractivity contribution in [1.82, 2.24) is 0 Å². The molecule has 6 rings (SSSR count). The van der Waals surface area contributed by atoms with Crippen molar-refractivity contribution in [2.75, 3.05) is 0 Å². The van der Waals surface area contributed by atoms with Crippen LogP contribution in [0.3, 0.4) is 0 Å². The van der Waals surface area contributed by atoms with E-state index in [1.165, 1.54) is 6.92 Å². The van der Waals surface area contributed by atoms with Crippen LogP contribution in [0.5, 0.6) is 5.75 Å². The van der Waals surface area contributed by atoms with E-state index in [1.54, 1.807) is 13.0 Å². The zero-order chi connectivity index (χ0) is 33.0. The predicted molar refractivity (Wildman–Crippen MR) is 173 cm³/mol. The highest BCUT2D eigenvalue weighted by Crippen LogP contribution is 2.65. The number of carbonyl (C=O) groups is 3. The van der Waals surface area contributed by atoms with Gasteiger partial charge in [-0.1, -0.05) is 100 Å². The van der Waals surface area contributed by atoms with Gasteiger partial charge in [0.1, 0.15) is 36.1 Å². The van der Waals surface area contributed by atoms with Gasteiger partial charge in [-0.15, -0.1) is 0 Å². The highest BCUT2D eigenvalue weighted by molar-refractivity contribution is 6.25. The molecule has 2 N–H and O–H groups in total. The summed E-state index contributed by atoms with van der Waals surface area (Å²) in [7, 11) is 0. The molecule has 0 radical (unpaired) electrons. The number of allylic oxidation sites excluding steroid dienone is 2. The fraction of sp³-hybridized carbons (Fsp3) is 0.359. The third kappa shape index (κ3) is 4.71. The van der Waals surface area contributed by atoms with Crippen LogP contribution in [0.15, 0.2) is 102 Å². The summed E-state index contributed by atoms with van der Waals surface area (Å²) in [5.41, 5.74) is -2.19. The Kier molecular flexibility index (Phi) is 7.80. The molecule has 0 heterocycles. The Morgan fingerprint density at radius 1 is 0.891 bits per heavy atom. The molecule has 0 aliphatic heterocycles. The number of hydrogen-bond acceptors (Lipinski definition) is 7. The van der Waals surface area contributed by atoms with Gasteiger partial charge in [0.05, 0.1) is 5.56 Å². The molecular formula is C39H40O7. The SMILES string of the molecule is CC(=O)C1=C(OCc2ccccc2)C(C(C)C)[C@@]2(C)C[C@@]3(C)Cc4cccc(OCc5ccccc5)c4C(=O)C3=C(O)[C@@]2(O)C1=O. The molecule has 46 heavy (non-hydrogen) atoms. The first-order chi connectivity index (χ1) is 21.8. The molecule has 0 saturated carbocycles. The van der Waals surface area contributed by atoms with Crippen LogP contribution in [0.1, 0.15) is 68.1 Å². The molecule has 1 unspecified atom stereocenters. The highest BCUT2D eigenvalue weighted by Gasteiger charge is 2.71. The Labute approximate surface area is 269 Å². The Morgan fingerprint density at radius 2 is 1.48 bits per heavy atom. The summed E-state index contributed by atoms with van der Waals surface area (Å²) in [5, 5.41) is 24.7. The van der Waals surface area contributed by atoms with E-state index in [0.717, 1.165) is 16.7 Å². The van der Waals surface area contributed by atoms with E-state index in [9.17, 15) is 24.6 Å². The average molecular weight is 621 g/mol. The predicted octanol–water partition coefficient (Wildman–Crippen LogP) is 6.88. The van der Waals surface area contributed by atoms with Crippen molar-refractivity contribution in [2.45, 2.75) is 66.3 Å². The molecule has 0 saturated heterocycles. The van der Waals surface area contributed by atoms with Crippen molar-refractivity contribution in [3.8, 4) is 5.75 Å². The molecule has 7 nitrogen and oxygen atoms in total. The van der Waals surface area contributed by atoms with Gasteiger partial charge >= 0.3 is 0 Å². The summed E-state index contributed by atoms with van der Waals surface area (Å²) in [5.74, 6) is -2.93. The number of Topliss-reactive ketones (excluding diaryl/α,β-unsaturated/α-hetero) is 3. The number of rotatable bonds is 8. The monoisotopic (exact) mass is 620 g/mol. The molecule has 238 valence electrons. The van der Waals surface area contributed by atoms with Crippen molar-refractivity contribution < 1.29 is 34.1 Å². The molecule has 0 bridgehead atoms. The van der Waals surface area contributed by atoms with Gasteiger partial charge in [0, 0.05) is 22.3 Å². The largest absolute Gasteiger partial charge is 0.508 e. The molecule has 0 aromatic heterocycles. The van der Waals surface area contributed by atoms with Crippen molar-refractivity contribution in [3.63, 3.8) is 0 Å². The van der Waals surface area contributed by atoms with E-state index in [0.29, 0.717) is 17.7 Å². The van der Waals surface area contributed by atoms with Crippen LogP contribution in [0.2, 0.25) is 0 Å². The number of fused-ring (bicyclic) bond motifs is 3. The highest BCUT2D eigenvalue weighted by atomic mass is 16.5. The first-order valence-electron chi connectivity index (χ1n) is 15.8. The van der Waals surface area contributed by atoms with Crippen LogP contribution in [-0.2, 0) is 34.0 Å². The Bertz CT molecular complexity index is 1790. The fourth-order valence-electron chi connectivity index (χ4n) is 8.39. The molecule has 4 atom stereocenters. The van der Waals surface area contributed by atoms with Crippen molar-refractivity contribution in [2.24, 2.45) is 22.7 Å². The van der Waals surface area contributed by atoms with E-state index in [2.05, 4.69) is 0 Å². The second-order valence-electron chi connectivity index (χ2n) is 13.8. The van der Waals surface area contributed by atoms with E-state index < -0.39 is 45.5 Å². The molecule has 0 amide bonds. The Morgan fingerprint density at radius 3 is 2.04 bits per heavy atom. The maximum absolute atomic E-state index is 14.5. The van der Waals surface area contributed by atoms with Crippen LogP contribution >= 0.6 is 0 Å². The van der Waals surface area contributed by atoms with Crippen LogP contribution in [0.4, 0.5) is 0 Å². The summed E-state index contributed by atoms with van der Waals surface area (Å²) in [4.78, 5) is 42.1. The molecule has 0 fully saturated rings. The summed E-state index contributed by atoms with van der Waals surface area (Å²) in [6.45, 7) is 9.20. The summed E-state index contributed by atoms with van der Waals surface area (Å²) < 4.78 is 12.5. The smallest absolute Gasteiger partial charge is 0.209 e. The maximum Gasteiger partial charge on any atom is 0.209 e. The molecule has 7 heteroatoms. The lowest BCUT2D eigenvalue weighted by atomic mass is 9.44. The lowest BCUT2D eigenvalue weighted by Crippen LogP contribution is -2.67. The molecule has 3 aliphatic carbocycles. The van der Waals surface area contributed by atoms with Crippen LogP contribution in [0, 0.1) is 22.7 Å². The summed E-state index contributed by atoms with van der Waals surface area (Å²) in [6, 6.07) is 24.5. The van der Waals surface area contributed by atoms with Gasteiger partial charge in [-0.05, 0) is 48.4 Å². The normalized spacial score (nSPS) is 27.2. The van der Waals surface area contributed by atoms with Crippen LogP contribution in [0.25, 0.3) is 0 Å². The third-order valence-electron chi connectivity index (χ3n) is 10.2. The topological polar surface area (TPSA) is 110 Å². The molecular weight excluding hydrogens is 580 g/mol. The van der Waals surface area contributed by atoms with E-state index in [-0.39, 0.29) is 42.5 Å². The first-order valence-corrected chi connectivity index (χ1v) is 15.8. The number of benzene rings is 3. The first kappa shape index (κ1) is 31.5. The maximum atomic E-state index is 14.5. The van der Waals surface area contributed by atoms with Crippen LogP contribution in [-0.4, -0.2) is 33.2 Å². The standard InChI is InChI=1S/C39H40O7/c1-23(2)31-34(46-21-26-15-10-7-11-16-26)29(24(3)40)35(42)39(44)36(43)32-33(41)30-27(19-37(32,4)22-38(31,39)5)17-12-18-28(30)45-20-25-13-8-6-9-14-25/h6-18,23,31,43-44H,19-22H2,1-5H3/t31?,37-,38-,39+/m1/s1. The van der Waals surface area contributed by atoms with Gasteiger partial charge < -0.3 is 19.7 Å². The summed E-state index contributed by atoms with van der Waals surface area (Å²) in [6.07, 6.45) is 0.568. The van der Waals surface area contributed by atoms with Gasteiger partial charge in [-0.25, -0.2) is 0 Å². The molecule has 3 aromatic carbocycles. The van der Waals surface area contributed by atoms with Gasteiger partial charge in [-0.2, -0.15) is 0 Å². The number of ketones is 3. The van der Waals surface area contributed by atoms with E-state index in [4.69, 9.17) is 9.47 Å². The van der Waals surface area contributed by atoms with Crippen molar-refractivity contribution in [1.29, 1.82) is 0 Å². The average Bonchev–Trinajstić information content (AvgIpc) is 3.01. The number of ether oxygens (including phenoxy) is 2. The van der Waals surface area contributed by atoms with E-state index >= 15 is 0 Å². The summed E-state index contributed by atoms with van der Waals surface area (Å²) >= 11 is 0. The second-order valence-corrected chi connectivity index (χ2v) is 13.8. The minimum Gasteiger partial charge on any atom is -0.508 e. The molecule has 3 aromatic rings. The van der Waals surface area contributed by atoms with E-state index in [1.807, 2.05) is 93.6 Å². The van der Waals surface area contributed by atoms with Crippen molar-refractivity contribution >= 4 is 17.3 Å². The quantitative estimate of drug-likeness (QED) is 0.264.